The van der Waals surface area contributed by atoms with Gasteiger partial charge in [-0.25, -0.2) is 0 Å². The minimum atomic E-state index is 0.113. The van der Waals surface area contributed by atoms with E-state index in [1.54, 1.807) is 18.9 Å². The van der Waals surface area contributed by atoms with Gasteiger partial charge in [-0.2, -0.15) is 11.8 Å². The van der Waals surface area contributed by atoms with Gasteiger partial charge in [0.05, 0.1) is 17.9 Å². The second-order valence-electron chi connectivity index (χ2n) is 4.12. The number of benzene rings is 1. The Kier molecular flexibility index (Phi) is 6.83. The van der Waals surface area contributed by atoms with Gasteiger partial charge in [0.2, 0.25) is 0 Å². The van der Waals surface area contributed by atoms with Gasteiger partial charge in [0.1, 0.15) is 12.4 Å². The van der Waals surface area contributed by atoms with Crippen molar-refractivity contribution in [2.75, 3.05) is 26.1 Å². The highest BCUT2D eigenvalue weighted by molar-refractivity contribution is 8.00. The molecule has 0 bridgehead atoms. The maximum absolute atomic E-state index is 12.1. The number of ether oxygens (including phenoxy) is 2. The Morgan fingerprint density at radius 1 is 1.28 bits per heavy atom. The predicted octanol–water partition coefficient (Wildman–Crippen LogP) is 3.04. The van der Waals surface area contributed by atoms with Crippen LogP contribution in [0.3, 0.4) is 0 Å². The number of hydrogen-bond donors (Lipinski definition) is 0. The summed E-state index contributed by atoms with van der Waals surface area (Å²) in [7, 11) is 1.62. The van der Waals surface area contributed by atoms with Crippen LogP contribution in [-0.2, 0) is 4.74 Å². The number of rotatable bonds is 8. The molecule has 0 amide bonds. The minimum Gasteiger partial charge on any atom is -0.490 e. The lowest BCUT2D eigenvalue weighted by atomic mass is 10.1. The molecule has 0 saturated heterocycles. The van der Waals surface area contributed by atoms with E-state index in [1.165, 1.54) is 0 Å². The molecule has 0 aromatic heterocycles. The number of hydrogen-bond acceptors (Lipinski definition) is 4. The van der Waals surface area contributed by atoms with E-state index in [1.807, 2.05) is 24.3 Å². The van der Waals surface area contributed by atoms with Crippen LogP contribution in [-0.4, -0.2) is 37.1 Å². The van der Waals surface area contributed by atoms with E-state index in [-0.39, 0.29) is 5.78 Å². The number of para-hydroxylation sites is 1. The molecular weight excluding hydrogens is 248 g/mol. The van der Waals surface area contributed by atoms with Gasteiger partial charge in [-0.05, 0) is 17.4 Å². The Hall–Kier alpha value is -1.000. The van der Waals surface area contributed by atoms with Gasteiger partial charge in [0, 0.05) is 7.11 Å². The van der Waals surface area contributed by atoms with E-state index in [2.05, 4.69) is 13.8 Å². The van der Waals surface area contributed by atoms with Crippen molar-refractivity contribution in [2.45, 2.75) is 19.1 Å². The molecule has 0 heterocycles. The van der Waals surface area contributed by atoms with Gasteiger partial charge in [-0.15, -0.1) is 0 Å². The van der Waals surface area contributed by atoms with Gasteiger partial charge in [0.25, 0.3) is 0 Å². The van der Waals surface area contributed by atoms with E-state index in [4.69, 9.17) is 9.47 Å². The Labute approximate surface area is 113 Å². The number of carbonyl (C=O) groups is 1. The third-order valence-corrected chi connectivity index (χ3v) is 3.38. The highest BCUT2D eigenvalue weighted by Gasteiger charge is 2.12. The van der Waals surface area contributed by atoms with Gasteiger partial charge >= 0.3 is 0 Å². The van der Waals surface area contributed by atoms with E-state index < -0.39 is 0 Å². The number of thioether (sulfide) groups is 1. The first-order valence-corrected chi connectivity index (χ1v) is 7.05. The lowest BCUT2D eigenvalue weighted by molar-refractivity contribution is 0.101. The molecular formula is C14H20O3S. The molecule has 0 spiro atoms. The molecule has 0 N–H and O–H groups in total. The molecule has 0 aliphatic rings. The zero-order valence-electron chi connectivity index (χ0n) is 11.1. The van der Waals surface area contributed by atoms with Crippen molar-refractivity contribution in [1.29, 1.82) is 0 Å². The first-order valence-electron chi connectivity index (χ1n) is 6.00. The normalized spacial score (nSPS) is 10.7. The summed E-state index contributed by atoms with van der Waals surface area (Å²) in [5.41, 5.74) is 0.654. The van der Waals surface area contributed by atoms with Crippen LogP contribution in [0.5, 0.6) is 5.75 Å². The molecule has 18 heavy (non-hydrogen) atoms. The molecule has 1 rings (SSSR count). The fourth-order valence-electron chi connectivity index (χ4n) is 1.38. The molecule has 100 valence electrons. The van der Waals surface area contributed by atoms with E-state index in [0.717, 1.165) is 0 Å². The molecule has 0 atom stereocenters. The third kappa shape index (κ3) is 5.10. The second-order valence-corrected chi connectivity index (χ2v) is 5.69. The van der Waals surface area contributed by atoms with Gasteiger partial charge in [0.15, 0.2) is 5.78 Å². The summed E-state index contributed by atoms with van der Waals surface area (Å²) in [4.78, 5) is 12.1. The topological polar surface area (TPSA) is 35.5 Å². The summed E-state index contributed by atoms with van der Waals surface area (Å²) >= 11 is 1.64. The lowest BCUT2D eigenvalue weighted by Gasteiger charge is -2.10. The first kappa shape index (κ1) is 15.1. The first-order chi connectivity index (χ1) is 8.65. The number of methoxy groups -OCH3 is 1. The number of carbonyl (C=O) groups excluding carboxylic acids is 1. The SMILES string of the molecule is COCCOc1ccccc1C(=O)CSC(C)C. The maximum Gasteiger partial charge on any atom is 0.176 e. The fourth-order valence-corrected chi connectivity index (χ4v) is 2.02. The van der Waals surface area contributed by atoms with E-state index in [0.29, 0.717) is 35.5 Å². The van der Waals surface area contributed by atoms with Crippen LogP contribution in [0.4, 0.5) is 0 Å². The fraction of sp³-hybridized carbons (Fsp3) is 0.500. The van der Waals surface area contributed by atoms with Crippen molar-refractivity contribution in [2.24, 2.45) is 0 Å². The molecule has 1 aromatic carbocycles. The Morgan fingerprint density at radius 2 is 2.00 bits per heavy atom. The molecule has 3 nitrogen and oxygen atoms in total. The van der Waals surface area contributed by atoms with Crippen molar-refractivity contribution in [3.8, 4) is 5.75 Å². The van der Waals surface area contributed by atoms with Crippen molar-refractivity contribution >= 4 is 17.5 Å². The van der Waals surface area contributed by atoms with Gasteiger partial charge in [-0.1, -0.05) is 26.0 Å². The molecule has 0 radical (unpaired) electrons. The minimum absolute atomic E-state index is 0.113. The average Bonchev–Trinajstić information content (AvgIpc) is 2.37. The van der Waals surface area contributed by atoms with Crippen LogP contribution < -0.4 is 4.74 Å². The highest BCUT2D eigenvalue weighted by atomic mass is 32.2. The van der Waals surface area contributed by atoms with Crippen LogP contribution >= 0.6 is 11.8 Å². The third-order valence-electron chi connectivity index (χ3n) is 2.28. The van der Waals surface area contributed by atoms with Crippen molar-refractivity contribution in [1.82, 2.24) is 0 Å². The van der Waals surface area contributed by atoms with Gasteiger partial charge in [-0.3, -0.25) is 4.79 Å². The summed E-state index contributed by atoms with van der Waals surface area (Å²) in [6.07, 6.45) is 0. The summed E-state index contributed by atoms with van der Waals surface area (Å²) in [6, 6.07) is 7.36. The smallest absolute Gasteiger partial charge is 0.176 e. The Bertz CT molecular complexity index is 377. The van der Waals surface area contributed by atoms with Crippen LogP contribution in [0.25, 0.3) is 0 Å². The van der Waals surface area contributed by atoms with Crippen LogP contribution in [0.1, 0.15) is 24.2 Å². The Balaban J connectivity index is 2.65. The standard InChI is InChI=1S/C14H20O3S/c1-11(2)18-10-13(15)12-6-4-5-7-14(12)17-9-8-16-3/h4-7,11H,8-10H2,1-3H3. The molecule has 1 aromatic rings. The van der Waals surface area contributed by atoms with Crippen LogP contribution in [0.15, 0.2) is 24.3 Å². The summed E-state index contributed by atoms with van der Waals surface area (Å²) in [5, 5.41) is 0.454. The number of Topliss-reactive ketones (excluding diaryl/α,β-unsaturated/α-hetero) is 1. The highest BCUT2D eigenvalue weighted by Crippen LogP contribution is 2.21. The second kappa shape index (κ2) is 8.16. The van der Waals surface area contributed by atoms with Gasteiger partial charge < -0.3 is 9.47 Å². The largest absolute Gasteiger partial charge is 0.490 e. The zero-order valence-corrected chi connectivity index (χ0v) is 12.0. The summed E-state index contributed by atoms with van der Waals surface area (Å²) in [5.74, 6) is 1.24. The zero-order chi connectivity index (χ0) is 13.4. The predicted molar refractivity (Wildman–Crippen MR) is 75.7 cm³/mol. The monoisotopic (exact) mass is 268 g/mol. The van der Waals surface area contributed by atoms with E-state index in [9.17, 15) is 4.79 Å². The molecule has 0 aliphatic heterocycles. The lowest BCUT2D eigenvalue weighted by Crippen LogP contribution is -2.10. The van der Waals surface area contributed by atoms with Crippen molar-refractivity contribution in [3.05, 3.63) is 29.8 Å². The Morgan fingerprint density at radius 3 is 2.67 bits per heavy atom. The molecule has 0 unspecified atom stereocenters. The summed E-state index contributed by atoms with van der Waals surface area (Å²) in [6.45, 7) is 5.14. The average molecular weight is 268 g/mol. The van der Waals surface area contributed by atoms with E-state index >= 15 is 0 Å². The van der Waals surface area contributed by atoms with Crippen molar-refractivity contribution in [3.63, 3.8) is 0 Å². The van der Waals surface area contributed by atoms with Crippen LogP contribution in [0, 0.1) is 0 Å². The number of ketones is 1. The van der Waals surface area contributed by atoms with Crippen molar-refractivity contribution < 1.29 is 14.3 Å². The van der Waals surface area contributed by atoms with Crippen LogP contribution in [0.2, 0.25) is 0 Å². The molecule has 4 heteroatoms. The maximum atomic E-state index is 12.1. The quantitative estimate of drug-likeness (QED) is 0.536. The molecule has 0 fully saturated rings. The molecule has 0 saturated carbocycles. The summed E-state index contributed by atoms with van der Waals surface area (Å²) < 4.78 is 10.5. The molecule has 0 aliphatic carbocycles.